The molecule has 3 atom stereocenters. The number of amides is 1. The molecular formula is C13H27ClN2O. The summed E-state index contributed by atoms with van der Waals surface area (Å²) in [4.78, 5) is 14.1. The Hall–Kier alpha value is -0.280. The molecule has 1 fully saturated rings. The normalized spacial score (nSPS) is 23.4. The lowest BCUT2D eigenvalue weighted by Crippen LogP contribution is -2.40. The monoisotopic (exact) mass is 262 g/mol. The molecule has 1 heterocycles. The summed E-state index contributed by atoms with van der Waals surface area (Å²) in [7, 11) is 0. The average Bonchev–Trinajstić information content (AvgIpc) is 2.62. The fraction of sp³-hybridized carbons (Fsp3) is 0.923. The Bertz CT molecular complexity index is 244. The van der Waals surface area contributed by atoms with Crippen LogP contribution in [0.3, 0.4) is 0 Å². The fourth-order valence-corrected chi connectivity index (χ4v) is 2.40. The van der Waals surface area contributed by atoms with Gasteiger partial charge in [-0.25, -0.2) is 0 Å². The van der Waals surface area contributed by atoms with E-state index >= 15 is 0 Å². The molecule has 17 heavy (non-hydrogen) atoms. The first-order valence-electron chi connectivity index (χ1n) is 6.46. The molecule has 2 N–H and O–H groups in total. The first-order valence-corrected chi connectivity index (χ1v) is 6.46. The maximum Gasteiger partial charge on any atom is 0.226 e. The van der Waals surface area contributed by atoms with Gasteiger partial charge in [-0.3, -0.25) is 4.79 Å². The third-order valence-electron chi connectivity index (χ3n) is 3.58. The van der Waals surface area contributed by atoms with Crippen LogP contribution >= 0.6 is 12.4 Å². The molecule has 0 aliphatic carbocycles. The molecule has 1 amide bonds. The summed E-state index contributed by atoms with van der Waals surface area (Å²) >= 11 is 0. The van der Waals surface area contributed by atoms with Crippen molar-refractivity contribution in [1.29, 1.82) is 0 Å². The molecule has 0 radical (unpaired) electrons. The van der Waals surface area contributed by atoms with Gasteiger partial charge < -0.3 is 10.6 Å². The topological polar surface area (TPSA) is 46.3 Å². The maximum atomic E-state index is 12.1. The molecule has 0 saturated carbocycles. The average molecular weight is 263 g/mol. The van der Waals surface area contributed by atoms with Crippen molar-refractivity contribution >= 4 is 18.3 Å². The zero-order valence-corrected chi connectivity index (χ0v) is 12.3. The van der Waals surface area contributed by atoms with E-state index in [9.17, 15) is 4.79 Å². The SMILES string of the molecule is CC(C)CC1CCN(C(=O)C(C)C(C)N)C1.Cl. The van der Waals surface area contributed by atoms with Crippen LogP contribution in [0.5, 0.6) is 0 Å². The van der Waals surface area contributed by atoms with Crippen molar-refractivity contribution in [1.82, 2.24) is 4.90 Å². The predicted molar refractivity (Wildman–Crippen MR) is 74.2 cm³/mol. The van der Waals surface area contributed by atoms with Crippen LogP contribution < -0.4 is 5.73 Å². The highest BCUT2D eigenvalue weighted by Gasteiger charge is 2.30. The Kier molecular flexibility index (Phi) is 7.10. The Labute approximate surface area is 112 Å². The smallest absolute Gasteiger partial charge is 0.226 e. The summed E-state index contributed by atoms with van der Waals surface area (Å²) in [5, 5.41) is 0. The lowest BCUT2D eigenvalue weighted by molar-refractivity contribution is -0.134. The zero-order chi connectivity index (χ0) is 12.3. The molecule has 1 saturated heterocycles. The van der Waals surface area contributed by atoms with E-state index in [0.717, 1.165) is 25.4 Å². The Morgan fingerprint density at radius 3 is 2.41 bits per heavy atom. The molecule has 0 bridgehead atoms. The molecule has 3 unspecified atom stereocenters. The summed E-state index contributed by atoms with van der Waals surface area (Å²) < 4.78 is 0. The van der Waals surface area contributed by atoms with E-state index < -0.39 is 0 Å². The van der Waals surface area contributed by atoms with Crippen molar-refractivity contribution in [2.24, 2.45) is 23.5 Å². The number of carbonyl (C=O) groups is 1. The molecular weight excluding hydrogens is 236 g/mol. The molecule has 0 aromatic rings. The van der Waals surface area contributed by atoms with E-state index in [1.165, 1.54) is 6.42 Å². The van der Waals surface area contributed by atoms with Gasteiger partial charge in [-0.1, -0.05) is 20.8 Å². The number of likely N-dealkylation sites (tertiary alicyclic amines) is 1. The van der Waals surface area contributed by atoms with E-state index in [2.05, 4.69) is 13.8 Å². The van der Waals surface area contributed by atoms with Gasteiger partial charge in [0.15, 0.2) is 0 Å². The number of nitrogens with zero attached hydrogens (tertiary/aromatic N) is 1. The van der Waals surface area contributed by atoms with Crippen molar-refractivity contribution in [2.45, 2.75) is 46.6 Å². The van der Waals surface area contributed by atoms with Crippen molar-refractivity contribution in [3.8, 4) is 0 Å². The molecule has 1 aliphatic heterocycles. The van der Waals surface area contributed by atoms with Crippen molar-refractivity contribution in [2.75, 3.05) is 13.1 Å². The van der Waals surface area contributed by atoms with E-state index in [1.807, 2.05) is 18.7 Å². The standard InChI is InChI=1S/C13H26N2O.ClH/c1-9(2)7-12-5-6-15(8-12)13(16)10(3)11(4)14;/h9-12H,5-8,14H2,1-4H3;1H. The van der Waals surface area contributed by atoms with Gasteiger partial charge in [0.05, 0.1) is 5.92 Å². The van der Waals surface area contributed by atoms with Gasteiger partial charge in [-0.15, -0.1) is 12.4 Å². The second kappa shape index (κ2) is 7.22. The Morgan fingerprint density at radius 2 is 1.94 bits per heavy atom. The third kappa shape index (κ3) is 4.84. The number of nitrogens with two attached hydrogens (primary N) is 1. The highest BCUT2D eigenvalue weighted by atomic mass is 35.5. The highest BCUT2D eigenvalue weighted by Crippen LogP contribution is 2.24. The number of halogens is 1. The number of hydrogen-bond donors (Lipinski definition) is 1. The highest BCUT2D eigenvalue weighted by molar-refractivity contribution is 5.85. The van der Waals surface area contributed by atoms with E-state index in [1.54, 1.807) is 0 Å². The fourth-order valence-electron chi connectivity index (χ4n) is 2.40. The summed E-state index contributed by atoms with van der Waals surface area (Å²) in [6.45, 7) is 10.2. The van der Waals surface area contributed by atoms with E-state index in [4.69, 9.17) is 5.73 Å². The summed E-state index contributed by atoms with van der Waals surface area (Å²) in [5.41, 5.74) is 5.77. The minimum atomic E-state index is -0.0448. The van der Waals surface area contributed by atoms with Gasteiger partial charge in [0.1, 0.15) is 0 Å². The minimum absolute atomic E-state index is 0. The van der Waals surface area contributed by atoms with Crippen LogP contribution in [0.15, 0.2) is 0 Å². The van der Waals surface area contributed by atoms with Crippen molar-refractivity contribution in [3.05, 3.63) is 0 Å². The number of rotatable bonds is 4. The van der Waals surface area contributed by atoms with Crippen LogP contribution in [0, 0.1) is 17.8 Å². The van der Waals surface area contributed by atoms with E-state index in [0.29, 0.717) is 5.92 Å². The first-order chi connectivity index (χ1) is 7.41. The lowest BCUT2D eigenvalue weighted by atomic mass is 9.96. The van der Waals surface area contributed by atoms with Crippen LogP contribution in [-0.4, -0.2) is 29.9 Å². The van der Waals surface area contributed by atoms with Crippen LogP contribution in [0.4, 0.5) is 0 Å². The van der Waals surface area contributed by atoms with Gasteiger partial charge in [-0.2, -0.15) is 0 Å². The first kappa shape index (κ1) is 16.7. The van der Waals surface area contributed by atoms with Crippen LogP contribution in [-0.2, 0) is 4.79 Å². The van der Waals surface area contributed by atoms with Gasteiger partial charge in [0, 0.05) is 19.1 Å². The molecule has 102 valence electrons. The molecule has 1 rings (SSSR count). The molecule has 3 nitrogen and oxygen atoms in total. The maximum absolute atomic E-state index is 12.1. The number of carbonyl (C=O) groups excluding carboxylic acids is 1. The van der Waals surface area contributed by atoms with Gasteiger partial charge in [0.25, 0.3) is 0 Å². The molecule has 4 heteroatoms. The largest absolute Gasteiger partial charge is 0.342 e. The second-order valence-corrected chi connectivity index (χ2v) is 5.72. The quantitative estimate of drug-likeness (QED) is 0.845. The summed E-state index contributed by atoms with van der Waals surface area (Å²) in [6, 6.07) is -0.0448. The van der Waals surface area contributed by atoms with Crippen LogP contribution in [0.1, 0.15) is 40.5 Å². The van der Waals surface area contributed by atoms with Crippen molar-refractivity contribution < 1.29 is 4.79 Å². The Balaban J connectivity index is 0.00000256. The van der Waals surface area contributed by atoms with Crippen LogP contribution in [0.2, 0.25) is 0 Å². The number of hydrogen-bond acceptors (Lipinski definition) is 2. The predicted octanol–water partition coefficient (Wildman–Crippen LogP) is 2.29. The Morgan fingerprint density at radius 1 is 1.35 bits per heavy atom. The molecule has 0 aromatic heterocycles. The molecule has 0 aromatic carbocycles. The molecule has 1 aliphatic rings. The van der Waals surface area contributed by atoms with E-state index in [-0.39, 0.29) is 30.3 Å². The van der Waals surface area contributed by atoms with Crippen LogP contribution in [0.25, 0.3) is 0 Å². The third-order valence-corrected chi connectivity index (χ3v) is 3.58. The summed E-state index contributed by atoms with van der Waals surface area (Å²) in [6.07, 6.45) is 2.39. The second-order valence-electron chi connectivity index (χ2n) is 5.72. The van der Waals surface area contributed by atoms with Gasteiger partial charge >= 0.3 is 0 Å². The minimum Gasteiger partial charge on any atom is -0.342 e. The lowest BCUT2D eigenvalue weighted by Gasteiger charge is -2.23. The van der Waals surface area contributed by atoms with Gasteiger partial charge in [0.2, 0.25) is 5.91 Å². The zero-order valence-electron chi connectivity index (χ0n) is 11.5. The molecule has 0 spiro atoms. The van der Waals surface area contributed by atoms with Gasteiger partial charge in [-0.05, 0) is 31.6 Å². The summed E-state index contributed by atoms with van der Waals surface area (Å²) in [5.74, 6) is 1.62. The van der Waals surface area contributed by atoms with Crippen molar-refractivity contribution in [3.63, 3.8) is 0 Å².